The molecule has 1 atom stereocenters. The van der Waals surface area contributed by atoms with Gasteiger partial charge in [0.2, 0.25) is 5.91 Å². The van der Waals surface area contributed by atoms with Crippen LogP contribution >= 0.6 is 11.6 Å². The Morgan fingerprint density at radius 3 is 2.18 bits per heavy atom. The molecule has 1 heterocycles. The van der Waals surface area contributed by atoms with Crippen molar-refractivity contribution in [3.8, 4) is 11.4 Å². The van der Waals surface area contributed by atoms with Crippen LogP contribution in [0.3, 0.4) is 0 Å². The molecule has 1 aromatic heterocycles. The maximum Gasteiger partial charge on any atom is 0.416 e. The van der Waals surface area contributed by atoms with Crippen LogP contribution in [0.5, 0.6) is 0 Å². The Morgan fingerprint density at radius 2 is 1.63 bits per heavy atom. The molecule has 0 saturated heterocycles. The van der Waals surface area contributed by atoms with Gasteiger partial charge in [-0.2, -0.15) is 26.3 Å². The zero-order valence-corrected chi connectivity index (χ0v) is 21.6. The normalized spacial score (nSPS) is 12.5. The predicted molar refractivity (Wildman–Crippen MR) is 132 cm³/mol. The van der Waals surface area contributed by atoms with Crippen molar-refractivity contribution < 1.29 is 31.1 Å². The highest BCUT2D eigenvalue weighted by Crippen LogP contribution is 2.35. The first-order chi connectivity index (χ1) is 17.8. The van der Waals surface area contributed by atoms with Gasteiger partial charge in [-0.1, -0.05) is 50.6 Å². The Kier molecular flexibility index (Phi) is 10.6. The first-order valence-electron chi connectivity index (χ1n) is 11.8. The van der Waals surface area contributed by atoms with Gasteiger partial charge >= 0.3 is 18.0 Å². The molecule has 3 aromatic rings. The van der Waals surface area contributed by atoms with Crippen LogP contribution in [0.15, 0.2) is 53.3 Å². The lowest BCUT2D eigenvalue weighted by atomic mass is 9.98. The fraction of sp³-hybridized carbons (Fsp3) is 0.400. The van der Waals surface area contributed by atoms with E-state index in [1.165, 1.54) is 42.5 Å². The molecule has 0 spiro atoms. The second-order valence-electron chi connectivity index (χ2n) is 7.90. The highest BCUT2D eigenvalue weighted by molar-refractivity contribution is 6.30. The van der Waals surface area contributed by atoms with Crippen LogP contribution in [0.25, 0.3) is 11.4 Å². The average molecular weight is 565 g/mol. The molecule has 1 N–H and O–H groups in total. The quantitative estimate of drug-likeness (QED) is 0.312. The van der Waals surface area contributed by atoms with E-state index in [0.29, 0.717) is 15.3 Å². The Bertz CT molecular complexity index is 1270. The third-order valence-electron chi connectivity index (χ3n) is 5.32. The van der Waals surface area contributed by atoms with E-state index in [9.17, 15) is 35.9 Å². The second kappa shape index (κ2) is 13.0. The average Bonchev–Trinajstić information content (AvgIpc) is 3.16. The Hall–Kier alpha value is -3.28. The number of benzene rings is 2. The number of rotatable bonds is 8. The third kappa shape index (κ3) is 8.11. The molecule has 1 unspecified atom stereocenters. The Labute approximate surface area is 220 Å². The number of alkyl halides is 6. The lowest BCUT2D eigenvalue weighted by molar-refractivity contribution is -0.139. The smallest absolute Gasteiger partial charge is 0.348 e. The molecule has 0 aliphatic heterocycles. The molecule has 0 aliphatic rings. The summed E-state index contributed by atoms with van der Waals surface area (Å²) >= 11 is 5.85. The highest BCUT2D eigenvalue weighted by Gasteiger charge is 2.35. The van der Waals surface area contributed by atoms with Crippen LogP contribution in [-0.2, 0) is 24.1 Å². The first kappa shape index (κ1) is 30.9. The number of halogens is 7. The maximum absolute atomic E-state index is 13.4. The molecule has 2 aromatic carbocycles. The fourth-order valence-electron chi connectivity index (χ4n) is 3.63. The third-order valence-corrected chi connectivity index (χ3v) is 5.57. The summed E-state index contributed by atoms with van der Waals surface area (Å²) in [5, 5.41) is 6.84. The molecular weight excluding hydrogens is 538 g/mol. The van der Waals surface area contributed by atoms with E-state index in [2.05, 4.69) is 10.4 Å². The monoisotopic (exact) mass is 564 g/mol. The molecule has 208 valence electrons. The van der Waals surface area contributed by atoms with Gasteiger partial charge in [0.15, 0.2) is 5.82 Å². The van der Waals surface area contributed by atoms with Gasteiger partial charge in [0.05, 0.1) is 18.0 Å². The summed E-state index contributed by atoms with van der Waals surface area (Å²) in [6, 6.07) is 9.60. The predicted octanol–water partition coefficient (Wildman–Crippen LogP) is 6.63. The standard InChI is InChI=1S/C23H21ClF6N4O2.C2H6/c1-2-18(16-5-3-4-6-17(16)23(28,29)30)31-19(35)13-34-21(36)33(12-11-22(25,26)27)20(32-34)14-7-9-15(24)10-8-14;1-2/h3-10,18H,2,11-13H2,1H3,(H,31,35);1-2H3. The summed E-state index contributed by atoms with van der Waals surface area (Å²) in [5.74, 6) is -0.938. The van der Waals surface area contributed by atoms with Crippen molar-refractivity contribution in [1.82, 2.24) is 19.7 Å². The number of hydrogen-bond donors (Lipinski definition) is 1. The SMILES string of the molecule is CC.CCC(NC(=O)Cn1nc(-c2ccc(Cl)cc2)n(CCC(F)(F)F)c1=O)c1ccccc1C(F)(F)F. The van der Waals surface area contributed by atoms with Gasteiger partial charge in [0, 0.05) is 17.1 Å². The molecule has 0 saturated carbocycles. The molecule has 13 heteroatoms. The first-order valence-corrected chi connectivity index (χ1v) is 12.1. The van der Waals surface area contributed by atoms with Crippen molar-refractivity contribution in [3.63, 3.8) is 0 Å². The van der Waals surface area contributed by atoms with E-state index in [4.69, 9.17) is 11.6 Å². The summed E-state index contributed by atoms with van der Waals surface area (Å²) in [5.41, 5.74) is -1.73. The van der Waals surface area contributed by atoms with Gasteiger partial charge in [-0.3, -0.25) is 9.36 Å². The van der Waals surface area contributed by atoms with Gasteiger partial charge in [0.25, 0.3) is 0 Å². The summed E-state index contributed by atoms with van der Waals surface area (Å²) < 4.78 is 80.2. The van der Waals surface area contributed by atoms with E-state index in [1.807, 2.05) is 13.8 Å². The molecule has 0 radical (unpaired) electrons. The van der Waals surface area contributed by atoms with E-state index in [1.54, 1.807) is 6.92 Å². The van der Waals surface area contributed by atoms with Crippen LogP contribution in [-0.4, -0.2) is 26.4 Å². The number of carbonyl (C=O) groups excluding carboxylic acids is 1. The van der Waals surface area contributed by atoms with Crippen LogP contribution in [0.1, 0.15) is 50.8 Å². The second-order valence-corrected chi connectivity index (χ2v) is 8.34. The summed E-state index contributed by atoms with van der Waals surface area (Å²) in [6.07, 6.45) is -10.4. The Morgan fingerprint density at radius 1 is 1.03 bits per heavy atom. The lowest BCUT2D eigenvalue weighted by Crippen LogP contribution is -2.36. The van der Waals surface area contributed by atoms with Gasteiger partial charge in [-0.15, -0.1) is 5.10 Å². The molecule has 6 nitrogen and oxygen atoms in total. The van der Waals surface area contributed by atoms with Crippen LogP contribution < -0.4 is 11.0 Å². The van der Waals surface area contributed by atoms with Crippen molar-refractivity contribution in [2.75, 3.05) is 0 Å². The number of amides is 1. The zero-order valence-electron chi connectivity index (χ0n) is 20.8. The molecule has 0 fully saturated rings. The van der Waals surface area contributed by atoms with E-state index < -0.39 is 55.1 Å². The Balaban J connectivity index is 0.00000247. The number of nitrogens with one attached hydrogen (secondary N) is 1. The van der Waals surface area contributed by atoms with Crippen LogP contribution in [0.2, 0.25) is 5.02 Å². The van der Waals surface area contributed by atoms with Crippen molar-refractivity contribution >= 4 is 17.5 Å². The van der Waals surface area contributed by atoms with Crippen molar-refractivity contribution in [2.24, 2.45) is 0 Å². The lowest BCUT2D eigenvalue weighted by Gasteiger charge is -2.21. The molecule has 0 bridgehead atoms. The number of nitrogens with zero attached hydrogens (tertiary/aromatic N) is 3. The van der Waals surface area contributed by atoms with E-state index >= 15 is 0 Å². The molecular formula is C25H27ClF6N4O2. The summed E-state index contributed by atoms with van der Waals surface area (Å²) in [6.45, 7) is 4.14. The van der Waals surface area contributed by atoms with Crippen molar-refractivity contribution in [1.29, 1.82) is 0 Å². The van der Waals surface area contributed by atoms with Gasteiger partial charge in [-0.05, 0) is 42.3 Å². The van der Waals surface area contributed by atoms with Gasteiger partial charge in [0.1, 0.15) is 6.54 Å². The number of aromatic nitrogens is 3. The van der Waals surface area contributed by atoms with Gasteiger partial charge in [-0.25, -0.2) is 9.48 Å². The summed E-state index contributed by atoms with van der Waals surface area (Å²) in [4.78, 5) is 25.5. The minimum absolute atomic E-state index is 0.108. The van der Waals surface area contributed by atoms with Gasteiger partial charge < -0.3 is 5.32 Å². The maximum atomic E-state index is 13.4. The molecule has 1 amide bonds. The number of hydrogen-bond acceptors (Lipinski definition) is 3. The number of carbonyl (C=O) groups is 1. The minimum Gasteiger partial charge on any atom is -0.348 e. The molecule has 3 rings (SSSR count). The van der Waals surface area contributed by atoms with Crippen molar-refractivity contribution in [2.45, 2.75) is 65.1 Å². The largest absolute Gasteiger partial charge is 0.416 e. The van der Waals surface area contributed by atoms with Crippen LogP contribution in [0, 0.1) is 0 Å². The summed E-state index contributed by atoms with van der Waals surface area (Å²) in [7, 11) is 0. The van der Waals surface area contributed by atoms with Crippen molar-refractivity contribution in [3.05, 3.63) is 75.2 Å². The topological polar surface area (TPSA) is 68.9 Å². The fourth-order valence-corrected chi connectivity index (χ4v) is 3.76. The molecule has 0 aliphatic carbocycles. The highest BCUT2D eigenvalue weighted by atomic mass is 35.5. The van der Waals surface area contributed by atoms with E-state index in [0.717, 1.165) is 10.6 Å². The van der Waals surface area contributed by atoms with E-state index in [-0.39, 0.29) is 17.8 Å². The molecule has 38 heavy (non-hydrogen) atoms. The minimum atomic E-state index is -4.64. The van der Waals surface area contributed by atoms with Crippen LogP contribution in [0.4, 0.5) is 26.3 Å². The zero-order chi connectivity index (χ0) is 28.7.